The molecule has 1 atom stereocenters. The lowest BCUT2D eigenvalue weighted by molar-refractivity contribution is -0.146. The molecule has 1 unspecified atom stereocenters. The zero-order valence-corrected chi connectivity index (χ0v) is 13.4. The lowest BCUT2D eigenvalue weighted by Gasteiger charge is -2.40. The molecule has 1 aliphatic heterocycles. The molecule has 7 heteroatoms. The van der Waals surface area contributed by atoms with Crippen LogP contribution in [-0.2, 0) is 9.59 Å². The first-order valence-corrected chi connectivity index (χ1v) is 8.27. The lowest BCUT2D eigenvalue weighted by atomic mass is 9.81. The number of nitrogens with one attached hydrogen (secondary N) is 1. The van der Waals surface area contributed by atoms with Gasteiger partial charge in [0.2, 0.25) is 5.91 Å². The Kier molecular flexibility index (Phi) is 4.66. The summed E-state index contributed by atoms with van der Waals surface area (Å²) in [5.41, 5.74) is 0. The van der Waals surface area contributed by atoms with E-state index in [0.29, 0.717) is 32.2 Å². The first-order valence-electron chi connectivity index (χ1n) is 8.27. The van der Waals surface area contributed by atoms with Crippen LogP contribution in [0.5, 0.6) is 0 Å². The topological polar surface area (TPSA) is 89.5 Å². The highest BCUT2D eigenvalue weighted by Crippen LogP contribution is 2.31. The summed E-state index contributed by atoms with van der Waals surface area (Å²) in [4.78, 5) is 35.4. The van der Waals surface area contributed by atoms with Gasteiger partial charge in [-0.2, -0.15) is 0 Å². The number of carbonyl (C=O) groups excluding carboxylic acids is 1. The van der Waals surface area contributed by atoms with Crippen molar-refractivity contribution in [3.63, 3.8) is 0 Å². The second-order valence-electron chi connectivity index (χ2n) is 6.64. The smallest absolute Gasteiger partial charge is 0.306 e. The van der Waals surface area contributed by atoms with Crippen molar-refractivity contribution in [2.24, 2.45) is 11.8 Å². The summed E-state index contributed by atoms with van der Waals surface area (Å²) in [7, 11) is 2.05. The monoisotopic (exact) mass is 320 g/mol. The van der Waals surface area contributed by atoms with E-state index in [-0.39, 0.29) is 23.8 Å². The first-order chi connectivity index (χ1) is 11.1. The van der Waals surface area contributed by atoms with Gasteiger partial charge in [0.1, 0.15) is 5.82 Å². The number of carbonyl (C=O) groups is 2. The summed E-state index contributed by atoms with van der Waals surface area (Å²) in [6.45, 7) is 2.19. The van der Waals surface area contributed by atoms with E-state index in [2.05, 4.69) is 14.9 Å². The average molecular weight is 320 g/mol. The van der Waals surface area contributed by atoms with Crippen molar-refractivity contribution in [1.29, 1.82) is 0 Å². The Bertz CT molecular complexity index is 552. The average Bonchev–Trinajstić information content (AvgIpc) is 3.09. The quantitative estimate of drug-likeness (QED) is 0.871. The molecule has 0 aromatic carbocycles. The van der Waals surface area contributed by atoms with Gasteiger partial charge in [-0.1, -0.05) is 0 Å². The zero-order chi connectivity index (χ0) is 16.4. The second kappa shape index (κ2) is 6.70. The number of rotatable bonds is 3. The molecule has 1 saturated carbocycles. The molecule has 2 fully saturated rings. The molecule has 2 aliphatic rings. The van der Waals surface area contributed by atoms with E-state index in [1.54, 1.807) is 12.4 Å². The van der Waals surface area contributed by atoms with E-state index >= 15 is 0 Å². The van der Waals surface area contributed by atoms with E-state index in [9.17, 15) is 9.59 Å². The van der Waals surface area contributed by atoms with Crippen LogP contribution in [0.4, 0.5) is 0 Å². The summed E-state index contributed by atoms with van der Waals surface area (Å²) in [6.07, 6.45) is 6.14. The number of H-pyrrole nitrogens is 1. The van der Waals surface area contributed by atoms with Crippen LogP contribution in [-0.4, -0.2) is 63.4 Å². The number of piperazine rings is 1. The molecule has 1 amide bonds. The minimum atomic E-state index is -0.728. The van der Waals surface area contributed by atoms with Gasteiger partial charge in [0.05, 0.1) is 12.0 Å². The number of aromatic nitrogens is 2. The van der Waals surface area contributed by atoms with Gasteiger partial charge >= 0.3 is 5.97 Å². The highest BCUT2D eigenvalue weighted by atomic mass is 16.4. The van der Waals surface area contributed by atoms with Crippen molar-refractivity contribution in [1.82, 2.24) is 19.8 Å². The van der Waals surface area contributed by atoms with Gasteiger partial charge in [0, 0.05) is 37.9 Å². The Morgan fingerprint density at radius 2 is 1.91 bits per heavy atom. The van der Waals surface area contributed by atoms with Crippen LogP contribution >= 0.6 is 0 Å². The molecule has 0 bridgehead atoms. The molecule has 2 N–H and O–H groups in total. The van der Waals surface area contributed by atoms with Crippen molar-refractivity contribution >= 4 is 11.9 Å². The maximum atomic E-state index is 12.8. The fourth-order valence-electron chi connectivity index (χ4n) is 3.67. The normalized spacial score (nSPS) is 29.4. The van der Waals surface area contributed by atoms with Crippen molar-refractivity contribution in [3.05, 3.63) is 18.2 Å². The molecule has 1 aromatic rings. The van der Waals surface area contributed by atoms with E-state index in [0.717, 1.165) is 18.9 Å². The number of likely N-dealkylation sites (N-methyl/N-ethyl adjacent to an activating group) is 1. The van der Waals surface area contributed by atoms with Crippen molar-refractivity contribution < 1.29 is 14.7 Å². The van der Waals surface area contributed by atoms with Gasteiger partial charge in [-0.25, -0.2) is 4.98 Å². The number of nitrogens with zero attached hydrogens (tertiary/aromatic N) is 3. The summed E-state index contributed by atoms with van der Waals surface area (Å²) in [6, 6.07) is 0.0954. The standard InChI is InChI=1S/C16H24N4O3/c1-19-8-9-20(10-13(19)14-17-6-7-18-14)15(21)11-2-4-12(5-3-11)16(22)23/h6-7,11-13H,2-5,8-10H2,1H3,(H,17,18)(H,22,23). The molecular weight excluding hydrogens is 296 g/mol. The van der Waals surface area contributed by atoms with Crippen LogP contribution in [0.3, 0.4) is 0 Å². The molecular formula is C16H24N4O3. The first kappa shape index (κ1) is 16.0. The Morgan fingerprint density at radius 1 is 1.22 bits per heavy atom. The molecule has 1 saturated heterocycles. The summed E-state index contributed by atoms with van der Waals surface area (Å²) >= 11 is 0. The second-order valence-corrected chi connectivity index (χ2v) is 6.64. The Balaban J connectivity index is 1.61. The van der Waals surface area contributed by atoms with Gasteiger partial charge in [-0.15, -0.1) is 0 Å². The third-order valence-corrected chi connectivity index (χ3v) is 5.22. The lowest BCUT2D eigenvalue weighted by Crippen LogP contribution is -2.51. The van der Waals surface area contributed by atoms with Gasteiger partial charge in [-0.05, 0) is 32.7 Å². The highest BCUT2D eigenvalue weighted by molar-refractivity contribution is 5.79. The van der Waals surface area contributed by atoms with Crippen molar-refractivity contribution in [2.75, 3.05) is 26.7 Å². The predicted molar refractivity (Wildman–Crippen MR) is 83.6 cm³/mol. The Hall–Kier alpha value is -1.89. The minimum absolute atomic E-state index is 0.0220. The molecule has 3 rings (SSSR count). The number of carboxylic acid groups (broad SMARTS) is 1. The predicted octanol–water partition coefficient (Wildman–Crippen LogP) is 1.12. The maximum absolute atomic E-state index is 12.8. The summed E-state index contributed by atoms with van der Waals surface area (Å²) < 4.78 is 0. The molecule has 1 aliphatic carbocycles. The highest BCUT2D eigenvalue weighted by Gasteiger charge is 2.35. The van der Waals surface area contributed by atoms with Crippen molar-refractivity contribution in [2.45, 2.75) is 31.7 Å². The zero-order valence-electron chi connectivity index (χ0n) is 13.4. The van der Waals surface area contributed by atoms with E-state index in [1.807, 2.05) is 11.9 Å². The summed E-state index contributed by atoms with van der Waals surface area (Å²) in [5, 5.41) is 9.07. The Labute approximate surface area is 135 Å². The third kappa shape index (κ3) is 3.39. The molecule has 0 radical (unpaired) electrons. The summed E-state index contributed by atoms with van der Waals surface area (Å²) in [5.74, 6) is 0.0418. The van der Waals surface area contributed by atoms with Crippen LogP contribution in [0.15, 0.2) is 12.4 Å². The van der Waals surface area contributed by atoms with Crippen LogP contribution in [0.2, 0.25) is 0 Å². The number of aromatic amines is 1. The van der Waals surface area contributed by atoms with Gasteiger partial charge in [-0.3, -0.25) is 14.5 Å². The fourth-order valence-corrected chi connectivity index (χ4v) is 3.67. The fraction of sp³-hybridized carbons (Fsp3) is 0.688. The number of carboxylic acids is 1. The van der Waals surface area contributed by atoms with Gasteiger partial charge in [0.25, 0.3) is 0 Å². The molecule has 2 heterocycles. The molecule has 126 valence electrons. The number of aliphatic carboxylic acids is 1. The molecule has 23 heavy (non-hydrogen) atoms. The van der Waals surface area contributed by atoms with Crippen LogP contribution in [0, 0.1) is 11.8 Å². The van der Waals surface area contributed by atoms with E-state index in [4.69, 9.17) is 5.11 Å². The largest absolute Gasteiger partial charge is 0.481 e. The third-order valence-electron chi connectivity index (χ3n) is 5.22. The number of imidazole rings is 1. The Morgan fingerprint density at radius 3 is 2.52 bits per heavy atom. The maximum Gasteiger partial charge on any atom is 0.306 e. The number of amides is 1. The SMILES string of the molecule is CN1CCN(C(=O)C2CCC(C(=O)O)CC2)CC1c1ncc[nH]1. The van der Waals surface area contributed by atoms with E-state index in [1.165, 1.54) is 0 Å². The van der Waals surface area contributed by atoms with E-state index < -0.39 is 5.97 Å². The number of hydrogen-bond donors (Lipinski definition) is 2. The van der Waals surface area contributed by atoms with Crippen LogP contribution in [0.1, 0.15) is 37.5 Å². The van der Waals surface area contributed by atoms with Gasteiger partial charge < -0.3 is 15.0 Å². The van der Waals surface area contributed by atoms with Crippen LogP contribution < -0.4 is 0 Å². The number of hydrogen-bond acceptors (Lipinski definition) is 4. The van der Waals surface area contributed by atoms with Crippen LogP contribution in [0.25, 0.3) is 0 Å². The minimum Gasteiger partial charge on any atom is -0.481 e. The van der Waals surface area contributed by atoms with Gasteiger partial charge in [0.15, 0.2) is 0 Å². The molecule has 1 aromatic heterocycles. The van der Waals surface area contributed by atoms with Crippen molar-refractivity contribution in [3.8, 4) is 0 Å². The molecule has 0 spiro atoms. The molecule has 7 nitrogen and oxygen atoms in total.